The average Bonchev–Trinajstić information content (AvgIpc) is 2.05. The highest BCUT2D eigenvalue weighted by atomic mass is 35.5. The first-order chi connectivity index (χ1) is 4.86. The predicted molar refractivity (Wildman–Crippen MR) is 43.9 cm³/mol. The number of benzene rings is 1. The molecule has 0 saturated carbocycles. The minimum absolute atomic E-state index is 0.848. The van der Waals surface area contributed by atoms with E-state index in [1.165, 1.54) is 0 Å². The number of hydrogen-bond donors (Lipinski definition) is 1. The molecule has 10 heavy (non-hydrogen) atoms. The zero-order chi connectivity index (χ0) is 7.40. The molecular formula is C8H6ClN. The van der Waals surface area contributed by atoms with E-state index in [0.717, 1.165) is 11.3 Å². The third-order valence-electron chi connectivity index (χ3n) is 1.16. The second-order valence-corrected chi connectivity index (χ2v) is 2.01. The summed E-state index contributed by atoms with van der Waals surface area (Å²) >= 11 is 5.32. The van der Waals surface area contributed by atoms with Gasteiger partial charge in [0.15, 0.2) is 0 Å². The molecule has 50 valence electrons. The van der Waals surface area contributed by atoms with E-state index in [1.54, 1.807) is 0 Å². The van der Waals surface area contributed by atoms with Gasteiger partial charge < -0.3 is 0 Å². The van der Waals surface area contributed by atoms with Gasteiger partial charge in [0.05, 0.1) is 0 Å². The Balaban J connectivity index is 2.93. The normalized spacial score (nSPS) is 8.40. The lowest BCUT2D eigenvalue weighted by Gasteiger charge is -1.94. The SMILES string of the molecule is C#Cc1ccc(NCl)cc1. The maximum Gasteiger partial charge on any atom is 0.0492 e. The molecule has 0 aliphatic rings. The zero-order valence-corrected chi connectivity index (χ0v) is 6.02. The van der Waals surface area contributed by atoms with Crippen LogP contribution in [0.15, 0.2) is 24.3 Å². The van der Waals surface area contributed by atoms with Gasteiger partial charge in [-0.15, -0.1) is 6.42 Å². The Bertz CT molecular complexity index is 245. The highest BCUT2D eigenvalue weighted by Crippen LogP contribution is 2.08. The maximum atomic E-state index is 5.32. The lowest BCUT2D eigenvalue weighted by Crippen LogP contribution is -1.79. The van der Waals surface area contributed by atoms with E-state index in [0.29, 0.717) is 0 Å². The van der Waals surface area contributed by atoms with E-state index in [9.17, 15) is 0 Å². The fraction of sp³-hybridized carbons (Fsp3) is 0. The maximum absolute atomic E-state index is 5.32. The number of nitrogens with one attached hydrogen (secondary N) is 1. The molecule has 2 heteroatoms. The van der Waals surface area contributed by atoms with Gasteiger partial charge in [0.25, 0.3) is 0 Å². The summed E-state index contributed by atoms with van der Waals surface area (Å²) in [4.78, 5) is 2.48. The molecule has 0 radical (unpaired) electrons. The van der Waals surface area contributed by atoms with Gasteiger partial charge in [-0.2, -0.15) is 0 Å². The van der Waals surface area contributed by atoms with Crippen LogP contribution in [0.4, 0.5) is 5.69 Å². The predicted octanol–water partition coefficient (Wildman–Crippen LogP) is 2.23. The van der Waals surface area contributed by atoms with Crippen LogP contribution in [0.1, 0.15) is 5.56 Å². The van der Waals surface area contributed by atoms with Crippen LogP contribution in [0.2, 0.25) is 0 Å². The van der Waals surface area contributed by atoms with Crippen LogP contribution in [0.5, 0.6) is 0 Å². The molecule has 0 fully saturated rings. The van der Waals surface area contributed by atoms with Crippen molar-refractivity contribution in [2.24, 2.45) is 0 Å². The topological polar surface area (TPSA) is 12.0 Å². The minimum atomic E-state index is 0.848. The molecule has 0 spiro atoms. The molecule has 1 nitrogen and oxygen atoms in total. The highest BCUT2D eigenvalue weighted by molar-refractivity contribution is 6.23. The van der Waals surface area contributed by atoms with Crippen molar-refractivity contribution >= 4 is 17.5 Å². The monoisotopic (exact) mass is 151 g/mol. The molecule has 1 aromatic rings. The Morgan fingerprint density at radius 3 is 2.30 bits per heavy atom. The summed E-state index contributed by atoms with van der Waals surface area (Å²) in [7, 11) is 0. The molecule has 0 bridgehead atoms. The van der Waals surface area contributed by atoms with Crippen molar-refractivity contribution in [3.8, 4) is 12.3 Å². The number of anilines is 1. The van der Waals surface area contributed by atoms with Crippen molar-refractivity contribution in [2.45, 2.75) is 0 Å². The molecule has 0 saturated heterocycles. The minimum Gasteiger partial charge on any atom is -0.299 e. The van der Waals surface area contributed by atoms with Crippen LogP contribution in [-0.4, -0.2) is 0 Å². The molecule has 0 atom stereocenters. The number of rotatable bonds is 1. The Morgan fingerprint density at radius 1 is 1.30 bits per heavy atom. The van der Waals surface area contributed by atoms with Gasteiger partial charge in [-0.05, 0) is 24.3 Å². The Morgan fingerprint density at radius 2 is 1.90 bits per heavy atom. The van der Waals surface area contributed by atoms with Crippen molar-refractivity contribution < 1.29 is 0 Å². The summed E-state index contributed by atoms with van der Waals surface area (Å²) in [6.45, 7) is 0. The van der Waals surface area contributed by atoms with E-state index in [-0.39, 0.29) is 0 Å². The standard InChI is InChI=1S/C8H6ClN/c1-2-7-3-5-8(10-9)6-4-7/h1,3-6,10H. The largest absolute Gasteiger partial charge is 0.299 e. The molecule has 0 aliphatic heterocycles. The summed E-state index contributed by atoms with van der Waals surface area (Å²) < 4.78 is 0. The summed E-state index contributed by atoms with van der Waals surface area (Å²) in [5.41, 5.74) is 1.70. The first-order valence-electron chi connectivity index (χ1n) is 2.80. The Kier molecular flexibility index (Phi) is 2.20. The fourth-order valence-electron chi connectivity index (χ4n) is 0.629. The molecule has 0 heterocycles. The lowest BCUT2D eigenvalue weighted by molar-refractivity contribution is 1.63. The van der Waals surface area contributed by atoms with Gasteiger partial charge >= 0.3 is 0 Å². The van der Waals surface area contributed by atoms with Crippen LogP contribution in [0.25, 0.3) is 0 Å². The van der Waals surface area contributed by atoms with E-state index in [4.69, 9.17) is 18.2 Å². The Labute approximate surface area is 65.1 Å². The summed E-state index contributed by atoms with van der Waals surface area (Å²) in [5, 5.41) is 0. The van der Waals surface area contributed by atoms with Gasteiger partial charge in [0.2, 0.25) is 0 Å². The van der Waals surface area contributed by atoms with Crippen LogP contribution in [0, 0.1) is 12.3 Å². The molecule has 1 aromatic carbocycles. The molecule has 0 unspecified atom stereocenters. The van der Waals surface area contributed by atoms with Crippen LogP contribution < -0.4 is 4.84 Å². The molecular weight excluding hydrogens is 146 g/mol. The van der Waals surface area contributed by atoms with Crippen LogP contribution in [-0.2, 0) is 0 Å². The van der Waals surface area contributed by atoms with E-state index in [1.807, 2.05) is 24.3 Å². The van der Waals surface area contributed by atoms with Gasteiger partial charge in [0, 0.05) is 23.0 Å². The van der Waals surface area contributed by atoms with Gasteiger partial charge in [-0.1, -0.05) is 5.92 Å². The average molecular weight is 152 g/mol. The van der Waals surface area contributed by atoms with Gasteiger partial charge in [-0.25, -0.2) is 0 Å². The third kappa shape index (κ3) is 1.43. The van der Waals surface area contributed by atoms with Gasteiger partial charge in [-0.3, -0.25) is 4.84 Å². The summed E-state index contributed by atoms with van der Waals surface area (Å²) in [6.07, 6.45) is 5.14. The number of terminal acetylenes is 1. The molecule has 0 aliphatic carbocycles. The molecule has 0 aromatic heterocycles. The first kappa shape index (κ1) is 6.98. The van der Waals surface area contributed by atoms with E-state index < -0.39 is 0 Å². The molecule has 1 rings (SSSR count). The van der Waals surface area contributed by atoms with Gasteiger partial charge in [0.1, 0.15) is 0 Å². The quantitative estimate of drug-likeness (QED) is 0.480. The van der Waals surface area contributed by atoms with Crippen molar-refractivity contribution in [3.05, 3.63) is 29.8 Å². The summed E-state index contributed by atoms with van der Waals surface area (Å²) in [6, 6.07) is 7.29. The van der Waals surface area contributed by atoms with Crippen molar-refractivity contribution in [3.63, 3.8) is 0 Å². The van der Waals surface area contributed by atoms with Crippen LogP contribution >= 0.6 is 11.8 Å². The first-order valence-corrected chi connectivity index (χ1v) is 3.18. The zero-order valence-electron chi connectivity index (χ0n) is 5.26. The van der Waals surface area contributed by atoms with Crippen molar-refractivity contribution in [2.75, 3.05) is 4.84 Å². The second-order valence-electron chi connectivity index (χ2n) is 1.82. The van der Waals surface area contributed by atoms with Crippen molar-refractivity contribution in [1.29, 1.82) is 0 Å². The number of hydrogen-bond acceptors (Lipinski definition) is 1. The van der Waals surface area contributed by atoms with E-state index >= 15 is 0 Å². The second kappa shape index (κ2) is 3.14. The van der Waals surface area contributed by atoms with E-state index in [2.05, 4.69) is 10.8 Å². The fourth-order valence-corrected chi connectivity index (χ4v) is 0.755. The smallest absolute Gasteiger partial charge is 0.0492 e. The molecule has 1 N–H and O–H groups in total. The lowest BCUT2D eigenvalue weighted by atomic mass is 10.2. The number of halogens is 1. The summed E-state index contributed by atoms with van der Waals surface area (Å²) in [5.74, 6) is 2.51. The van der Waals surface area contributed by atoms with Crippen molar-refractivity contribution in [1.82, 2.24) is 0 Å². The van der Waals surface area contributed by atoms with Crippen LogP contribution in [0.3, 0.4) is 0 Å². The molecule has 0 amide bonds. The highest BCUT2D eigenvalue weighted by Gasteiger charge is 1.87. The third-order valence-corrected chi connectivity index (χ3v) is 1.38. The Hall–Kier alpha value is -1.13.